The minimum absolute atomic E-state index is 0. The van der Waals surface area contributed by atoms with Gasteiger partial charge in [0, 0.05) is 72.0 Å². The maximum atomic E-state index is 13.9. The largest absolute Gasteiger partial charge is 0.507 e. The second kappa shape index (κ2) is 47.9. The van der Waals surface area contributed by atoms with Crippen LogP contribution in [-0.4, -0.2) is 124 Å². The zero-order valence-electron chi connectivity index (χ0n) is 72.5. The number of hydrogen-bond donors (Lipinski definition) is 4. The van der Waals surface area contributed by atoms with Gasteiger partial charge in [-0.15, -0.1) is 0 Å². The molecular formula is C106H102Br4N6O16. The Kier molecular flexibility index (Phi) is 36.2. The Bertz CT molecular complexity index is 5980. The van der Waals surface area contributed by atoms with Crippen molar-refractivity contribution in [1.29, 1.82) is 0 Å². The summed E-state index contributed by atoms with van der Waals surface area (Å²) in [7, 11) is 3.40. The number of nitrogens with zero attached hydrogens (tertiary/aromatic N) is 5. The van der Waals surface area contributed by atoms with E-state index >= 15 is 0 Å². The molecule has 4 aliphatic heterocycles. The molecule has 0 unspecified atom stereocenters. The minimum Gasteiger partial charge on any atom is -0.507 e. The second-order valence-corrected chi connectivity index (χ2v) is 34.6. The molecule has 0 spiro atoms. The van der Waals surface area contributed by atoms with Gasteiger partial charge in [-0.3, -0.25) is 38.8 Å². The molecule has 0 radical (unpaired) electrons. The molecule has 0 bridgehead atoms. The fraction of sp³-hybridized carbons (Fsp3) is 0.198. The molecule has 4 heterocycles. The van der Waals surface area contributed by atoms with Gasteiger partial charge in [-0.05, 0) is 165 Å². The van der Waals surface area contributed by atoms with Crippen molar-refractivity contribution < 1.29 is 77.2 Å². The average Bonchev–Trinajstić information content (AvgIpc) is 0.731. The molecule has 13 aromatic rings. The lowest BCUT2D eigenvalue weighted by atomic mass is 9.88. The normalized spacial score (nSPS) is 19.9. The number of β-lactam (4-membered cyclic amide) rings is 2. The van der Waals surface area contributed by atoms with Crippen LogP contribution in [0.1, 0.15) is 114 Å². The number of nitrogens with two attached hydrogens (primary N) is 1. The van der Waals surface area contributed by atoms with Crippen LogP contribution < -0.4 is 29.7 Å². The summed E-state index contributed by atoms with van der Waals surface area (Å²) in [5, 5.41) is 28.2. The van der Waals surface area contributed by atoms with Crippen LogP contribution >= 0.6 is 63.7 Å². The number of halogens is 4. The monoisotopic (exact) mass is 2030 g/mol. The highest BCUT2D eigenvalue weighted by Gasteiger charge is 2.59. The maximum Gasteiger partial charge on any atom is 0.329 e. The number of anilines is 3. The van der Waals surface area contributed by atoms with Crippen molar-refractivity contribution in [1.82, 2.24) is 9.80 Å². The molecule has 132 heavy (non-hydrogen) atoms. The molecule has 17 rings (SSSR count). The van der Waals surface area contributed by atoms with Crippen LogP contribution in [0.2, 0.25) is 0 Å². The van der Waals surface area contributed by atoms with E-state index in [2.05, 4.69) is 80.8 Å². The van der Waals surface area contributed by atoms with E-state index in [9.17, 15) is 33.9 Å². The summed E-state index contributed by atoms with van der Waals surface area (Å²) in [6.07, 6.45) is -0.444. The summed E-state index contributed by atoms with van der Waals surface area (Å²) in [6, 6.07) is 108. The molecule has 4 fully saturated rings. The lowest BCUT2D eigenvalue weighted by Gasteiger charge is -2.52. The number of rotatable bonds is 23. The van der Waals surface area contributed by atoms with E-state index in [1.807, 2.05) is 336 Å². The summed E-state index contributed by atoms with van der Waals surface area (Å²) in [4.78, 5) is 84.1. The highest BCUT2D eigenvalue weighted by atomic mass is 79.9. The molecule has 13 aromatic carbocycles. The number of aliphatic hydroxyl groups is 1. The third-order valence-electron chi connectivity index (χ3n) is 21.8. The summed E-state index contributed by atoms with van der Waals surface area (Å²) in [5.41, 5.74) is 16.4. The Balaban J connectivity index is 0.000000165. The molecule has 0 saturated carbocycles. The Morgan fingerprint density at radius 1 is 0.462 bits per heavy atom. The number of nitrogen functional groups attached to an aromatic ring is 1. The molecule has 26 heteroatoms. The van der Waals surface area contributed by atoms with Gasteiger partial charge in [-0.1, -0.05) is 308 Å². The fourth-order valence-corrected chi connectivity index (χ4v) is 16.0. The molecule has 0 aliphatic carbocycles. The van der Waals surface area contributed by atoms with Gasteiger partial charge in [0.05, 0.1) is 23.3 Å². The Labute approximate surface area is 802 Å². The number of benzene rings is 13. The van der Waals surface area contributed by atoms with E-state index in [-0.39, 0.29) is 55.0 Å². The predicted molar refractivity (Wildman–Crippen MR) is 527 cm³/mol. The molecule has 4 aliphatic rings. The van der Waals surface area contributed by atoms with Crippen LogP contribution in [0.15, 0.2) is 369 Å². The van der Waals surface area contributed by atoms with Crippen molar-refractivity contribution in [3.05, 3.63) is 414 Å². The third kappa shape index (κ3) is 26.1. The number of likely N-dealkylation sites (N-methyl/N-ethyl adjacent to an activating group) is 2. The molecule has 4 amide bonds. The highest BCUT2D eigenvalue weighted by Crippen LogP contribution is 2.49. The van der Waals surface area contributed by atoms with Crippen molar-refractivity contribution in [3.8, 4) is 23.0 Å². The zero-order chi connectivity index (χ0) is 93.1. The van der Waals surface area contributed by atoms with Crippen LogP contribution in [0.4, 0.5) is 22.7 Å². The number of aromatic hydroxyl groups is 1. The zero-order valence-corrected chi connectivity index (χ0v) is 78.8. The van der Waals surface area contributed by atoms with E-state index in [1.54, 1.807) is 47.9 Å². The van der Waals surface area contributed by atoms with Gasteiger partial charge < -0.3 is 64.0 Å². The molecular weight excluding hydrogens is 1930 g/mol. The molecule has 4 saturated heterocycles. The van der Waals surface area contributed by atoms with E-state index < -0.39 is 54.5 Å². The van der Waals surface area contributed by atoms with E-state index in [0.29, 0.717) is 43.2 Å². The van der Waals surface area contributed by atoms with E-state index in [0.717, 1.165) is 90.9 Å². The van der Waals surface area contributed by atoms with Crippen molar-refractivity contribution in [2.24, 2.45) is 4.99 Å². The van der Waals surface area contributed by atoms with Gasteiger partial charge in [0.25, 0.3) is 23.6 Å². The molecule has 680 valence electrons. The topological polar surface area (TPSA) is 279 Å². The number of aldehydes is 1. The number of amides is 4. The third-order valence-corrected chi connectivity index (χ3v) is 23.8. The number of carboxylic acid groups (broad SMARTS) is 1. The van der Waals surface area contributed by atoms with E-state index in [1.165, 1.54) is 17.9 Å². The van der Waals surface area contributed by atoms with Crippen molar-refractivity contribution >= 4 is 129 Å². The van der Waals surface area contributed by atoms with E-state index in [4.69, 9.17) is 49.1 Å². The number of morpholine rings is 2. The fourth-order valence-electron chi connectivity index (χ4n) is 14.6. The first-order valence-corrected chi connectivity index (χ1v) is 45.1. The number of carbonyl (C=O) groups is 6. The van der Waals surface area contributed by atoms with Gasteiger partial charge in [-0.25, -0.2) is 4.79 Å². The summed E-state index contributed by atoms with van der Waals surface area (Å²) < 4.78 is 45.8. The van der Waals surface area contributed by atoms with Crippen LogP contribution in [0.25, 0.3) is 0 Å². The van der Waals surface area contributed by atoms with Crippen LogP contribution in [-0.2, 0) is 62.7 Å². The number of aliphatic carboxylic acids is 1. The van der Waals surface area contributed by atoms with Crippen molar-refractivity contribution in [2.75, 3.05) is 36.2 Å². The maximum absolute atomic E-state index is 13.9. The number of phenols is 1. The Morgan fingerprint density at radius 3 is 1.23 bits per heavy atom. The van der Waals surface area contributed by atoms with Gasteiger partial charge >= 0.3 is 5.97 Å². The summed E-state index contributed by atoms with van der Waals surface area (Å²) in [5.74, 6) is -3.66. The van der Waals surface area contributed by atoms with Gasteiger partial charge in [-0.2, -0.15) is 0 Å². The Morgan fingerprint density at radius 2 is 0.818 bits per heavy atom. The highest BCUT2D eigenvalue weighted by molar-refractivity contribution is 9.11. The average molecular weight is 2040 g/mol. The quantitative estimate of drug-likeness (QED) is 0.0200. The number of hydrogen-bond acceptors (Lipinski definition) is 17. The first-order valence-electron chi connectivity index (χ1n) is 41.9. The summed E-state index contributed by atoms with van der Waals surface area (Å²) >= 11 is 13.7. The number of para-hydroxylation sites is 4. The van der Waals surface area contributed by atoms with Gasteiger partial charge in [0.15, 0.2) is 18.5 Å². The van der Waals surface area contributed by atoms with Gasteiger partial charge in [0.2, 0.25) is 11.6 Å². The second-order valence-electron chi connectivity index (χ2n) is 30.9. The smallest absolute Gasteiger partial charge is 0.329 e. The van der Waals surface area contributed by atoms with Crippen molar-refractivity contribution in [3.63, 3.8) is 0 Å². The lowest BCUT2D eigenvalue weighted by molar-refractivity contribution is -0.290. The molecule has 10 atom stereocenters. The predicted octanol–water partition coefficient (Wildman–Crippen LogP) is 22.4. The van der Waals surface area contributed by atoms with Crippen LogP contribution in [0, 0.1) is 0 Å². The number of aliphatic imine (C=N–C) groups is 1. The first kappa shape index (κ1) is 99.8. The lowest BCUT2D eigenvalue weighted by Crippen LogP contribution is -2.67. The first-order chi connectivity index (χ1) is 63.2. The minimum atomic E-state index is -1.69. The van der Waals surface area contributed by atoms with Gasteiger partial charge in [0.1, 0.15) is 73.7 Å². The van der Waals surface area contributed by atoms with Crippen LogP contribution in [0.3, 0.4) is 0 Å². The van der Waals surface area contributed by atoms with Crippen LogP contribution in [0.5, 0.6) is 23.0 Å². The van der Waals surface area contributed by atoms with Crippen molar-refractivity contribution in [2.45, 2.75) is 115 Å². The SMILES string of the molecule is Brc1ccc(C=Nc2ccccc2)c(OCc2ccccc2)c1.C.C[C@H]1[C@@H](c2ccccc2)O[C@](C)(OCC(=O)O)C(=O)N1C.C[C@H]1[C@@H](c2ccccc2)O[C@](C)(O[C@@H]2C(=O)N(c3ccccc3)[C@@H]2c2ccc(Br)cc2OCc2ccccc2)C(=O)N1C.Nc1ccccc1.O=C1[C@@H](O)[C@@H](c2ccc(Br)cc2OCc2ccccc2)N1c1ccccc1.O=Cc1ccc(Br)cc1O. The molecule has 22 nitrogen and oxygen atoms in total. The standard InChI is InChI=1S/C35H33BrN2O5.C22H18BrNO3.C20H16BrNO.C15H19NO5.C7H5BrO2.C6H7N.CH4/c1-23-31(25-15-9-5-10-16-25)42-35(2,34(40)37(23)3)43-32-30(38(33(32)39)27-17-11-6-12-18-27)28-20-19-26(36)21-29(28)41-22-24-13-7-4-8-14-24;23-16-11-12-18(19(13-16)27-14-15-7-3-1-4-8-15)20-21(25)22(26)24(20)17-9-5-2-6-10-17;21-18-12-11-17(14-22-19-9-5-2-6-10-19)20(13-18)23-15-16-7-3-1-4-8-16;1-10-13(11-7-5-4-6-8-11)21-15(2,14(19)16(10)3)20-9-12(17)18;8-6-2-1-5(4-9)7(10)3-6;7-6-4-2-1-3-5-6;/h4-21,23,30-32H,22H2,1-3H3;1-13,20-21,25H,14H2;1-14H,15H2;4-8,10,13H,9H2,1-3H3,(H,17,18);1-4,10H;1-5H,7H2;1H4/t23-,30+,31-,32-,35+;20-,21+;;10-,13-,15-;;;/m01.0.../s1. The number of carbonyl (C=O) groups excluding carboxylic acids is 5. The Hall–Kier alpha value is -12.7. The molecule has 5 N–H and O–H groups in total. The summed E-state index contributed by atoms with van der Waals surface area (Å²) in [6.45, 7) is 7.59. The number of phenolic OH excluding ortho intramolecular Hbond substituents is 1. The number of carboxylic acids is 1. The molecule has 0 aromatic heterocycles. The number of aliphatic hydroxyl groups excluding tert-OH is 1. The number of ether oxygens (including phenoxy) is 7.